The van der Waals surface area contributed by atoms with Crippen LogP contribution in [0.4, 0.5) is 0 Å². The van der Waals surface area contributed by atoms with E-state index >= 15 is 0 Å². The second-order valence-electron chi connectivity index (χ2n) is 11.5. The van der Waals surface area contributed by atoms with Gasteiger partial charge < -0.3 is 25.8 Å². The van der Waals surface area contributed by atoms with E-state index in [9.17, 15) is 34.2 Å². The highest BCUT2D eigenvalue weighted by Gasteiger charge is 2.34. The van der Waals surface area contributed by atoms with Crippen molar-refractivity contribution < 1.29 is 29.4 Å². The fourth-order valence-electron chi connectivity index (χ4n) is 4.44. The zero-order valence-corrected chi connectivity index (χ0v) is 24.7. The SMILES string of the molecule is CC(C)[C@H](NC(=O)C(C)(C)/C=C/c1ccc2c(=O)[nH]c([C@@H](C)O)nc2c1)C(=O)N[C@@H](C)C(=O)N1CCC[C@@H](C(=O)O)N1. The zero-order valence-electron chi connectivity index (χ0n) is 24.7. The Bertz CT molecular complexity index is 1430. The maximum absolute atomic E-state index is 13.3. The third kappa shape index (κ3) is 7.79. The number of carbonyl (C=O) groups excluding carboxylic acids is 3. The van der Waals surface area contributed by atoms with E-state index in [-0.39, 0.29) is 17.3 Å². The second-order valence-corrected chi connectivity index (χ2v) is 11.5. The van der Waals surface area contributed by atoms with Gasteiger partial charge in [0.05, 0.1) is 16.3 Å². The smallest absolute Gasteiger partial charge is 0.322 e. The number of aliphatic hydroxyl groups excluding tert-OH is 1. The van der Waals surface area contributed by atoms with Crippen LogP contribution < -0.4 is 21.6 Å². The Kier molecular flexibility index (Phi) is 10.2. The number of nitrogens with one attached hydrogen (secondary N) is 4. The van der Waals surface area contributed by atoms with Gasteiger partial charge in [-0.15, -0.1) is 0 Å². The number of carboxylic acid groups (broad SMARTS) is 1. The number of aromatic amines is 1. The van der Waals surface area contributed by atoms with Crippen LogP contribution in [0.3, 0.4) is 0 Å². The molecule has 228 valence electrons. The lowest BCUT2D eigenvalue weighted by atomic mass is 9.89. The summed E-state index contributed by atoms with van der Waals surface area (Å²) in [6.07, 6.45) is 3.36. The van der Waals surface area contributed by atoms with Crippen LogP contribution in [-0.4, -0.2) is 73.6 Å². The highest BCUT2D eigenvalue weighted by molar-refractivity contribution is 5.94. The van der Waals surface area contributed by atoms with Gasteiger partial charge in [0.15, 0.2) is 0 Å². The number of hydrogen-bond acceptors (Lipinski definition) is 8. The molecule has 3 rings (SSSR count). The number of carboxylic acids is 1. The van der Waals surface area contributed by atoms with Gasteiger partial charge in [0.1, 0.15) is 30.1 Å². The van der Waals surface area contributed by atoms with E-state index in [1.807, 2.05) is 0 Å². The third-order valence-corrected chi connectivity index (χ3v) is 7.14. The monoisotopic (exact) mass is 584 g/mol. The molecular formula is C29H40N6O7. The van der Waals surface area contributed by atoms with Crippen LogP contribution >= 0.6 is 0 Å². The first kappa shape index (κ1) is 32.4. The first-order chi connectivity index (χ1) is 19.6. The number of hydrazine groups is 1. The highest BCUT2D eigenvalue weighted by Crippen LogP contribution is 2.22. The minimum absolute atomic E-state index is 0.152. The third-order valence-electron chi connectivity index (χ3n) is 7.14. The summed E-state index contributed by atoms with van der Waals surface area (Å²) in [6.45, 7) is 10.3. The summed E-state index contributed by atoms with van der Waals surface area (Å²) in [5, 5.41) is 26.1. The average Bonchev–Trinajstić information content (AvgIpc) is 2.93. The largest absolute Gasteiger partial charge is 0.480 e. The van der Waals surface area contributed by atoms with Gasteiger partial charge in [-0.3, -0.25) is 29.0 Å². The van der Waals surface area contributed by atoms with Crippen molar-refractivity contribution >= 4 is 40.7 Å². The van der Waals surface area contributed by atoms with Crippen LogP contribution in [0.15, 0.2) is 29.1 Å². The zero-order chi connectivity index (χ0) is 31.4. The number of amides is 3. The van der Waals surface area contributed by atoms with Crippen LogP contribution in [0, 0.1) is 11.3 Å². The fourth-order valence-corrected chi connectivity index (χ4v) is 4.44. The summed E-state index contributed by atoms with van der Waals surface area (Å²) in [4.78, 5) is 69.8. The number of fused-ring (bicyclic) bond motifs is 1. The Morgan fingerprint density at radius 3 is 2.45 bits per heavy atom. The van der Waals surface area contributed by atoms with E-state index in [1.54, 1.807) is 58.0 Å². The lowest BCUT2D eigenvalue weighted by Gasteiger charge is -2.34. The van der Waals surface area contributed by atoms with Crippen molar-refractivity contribution in [1.82, 2.24) is 31.0 Å². The van der Waals surface area contributed by atoms with E-state index in [0.29, 0.717) is 35.9 Å². The Labute approximate surface area is 243 Å². The number of aliphatic carboxylic acids is 1. The molecular weight excluding hydrogens is 544 g/mol. The lowest BCUT2D eigenvalue weighted by molar-refractivity contribution is -0.148. The van der Waals surface area contributed by atoms with Crippen molar-refractivity contribution in [3.63, 3.8) is 0 Å². The molecule has 3 amide bonds. The number of aliphatic hydroxyl groups is 1. The molecule has 0 saturated carbocycles. The highest BCUT2D eigenvalue weighted by atomic mass is 16.4. The predicted molar refractivity (Wildman–Crippen MR) is 156 cm³/mol. The van der Waals surface area contributed by atoms with E-state index in [4.69, 9.17) is 0 Å². The number of rotatable bonds is 10. The van der Waals surface area contributed by atoms with Gasteiger partial charge in [-0.05, 0) is 64.2 Å². The molecule has 13 heteroatoms. The summed E-state index contributed by atoms with van der Waals surface area (Å²) in [6, 6.07) is 2.24. The predicted octanol–water partition coefficient (Wildman–Crippen LogP) is 1.24. The molecule has 0 aliphatic carbocycles. The fraction of sp³-hybridized carbons (Fsp3) is 0.517. The van der Waals surface area contributed by atoms with Crippen LogP contribution in [0.5, 0.6) is 0 Å². The van der Waals surface area contributed by atoms with Crippen molar-refractivity contribution in [2.75, 3.05) is 6.54 Å². The Balaban J connectivity index is 1.68. The Hall–Kier alpha value is -4.10. The molecule has 1 fully saturated rings. The molecule has 0 spiro atoms. The molecule has 1 aliphatic heterocycles. The average molecular weight is 585 g/mol. The summed E-state index contributed by atoms with van der Waals surface area (Å²) in [5.74, 6) is -2.63. The summed E-state index contributed by atoms with van der Waals surface area (Å²) in [7, 11) is 0. The van der Waals surface area contributed by atoms with Gasteiger partial charge in [-0.25, -0.2) is 10.4 Å². The second kappa shape index (κ2) is 13.3. The first-order valence-electron chi connectivity index (χ1n) is 13.9. The maximum Gasteiger partial charge on any atom is 0.322 e. The molecule has 1 aromatic heterocycles. The van der Waals surface area contributed by atoms with Crippen molar-refractivity contribution in [1.29, 1.82) is 0 Å². The molecule has 0 bridgehead atoms. The van der Waals surface area contributed by atoms with Gasteiger partial charge in [0.2, 0.25) is 11.8 Å². The molecule has 13 nitrogen and oxygen atoms in total. The van der Waals surface area contributed by atoms with Crippen molar-refractivity contribution in [2.24, 2.45) is 11.3 Å². The summed E-state index contributed by atoms with van der Waals surface area (Å²) >= 11 is 0. The molecule has 0 unspecified atom stereocenters. The number of carbonyl (C=O) groups is 4. The van der Waals surface area contributed by atoms with Gasteiger partial charge >= 0.3 is 5.97 Å². The summed E-state index contributed by atoms with van der Waals surface area (Å²) in [5.41, 5.74) is 2.36. The van der Waals surface area contributed by atoms with Crippen molar-refractivity contribution in [3.8, 4) is 0 Å². The number of H-pyrrole nitrogens is 1. The van der Waals surface area contributed by atoms with E-state index in [0.717, 1.165) is 0 Å². The normalized spacial score (nSPS) is 18.1. The minimum Gasteiger partial charge on any atom is -0.480 e. The van der Waals surface area contributed by atoms with Crippen LogP contribution in [0.2, 0.25) is 0 Å². The topological polar surface area (TPSA) is 194 Å². The number of hydrogen-bond donors (Lipinski definition) is 6. The molecule has 1 aromatic carbocycles. The molecule has 0 radical (unpaired) electrons. The molecule has 1 saturated heterocycles. The maximum atomic E-state index is 13.3. The molecule has 4 atom stereocenters. The molecule has 1 aliphatic rings. The Morgan fingerprint density at radius 2 is 1.83 bits per heavy atom. The van der Waals surface area contributed by atoms with E-state index in [2.05, 4.69) is 26.0 Å². The number of aromatic nitrogens is 2. The van der Waals surface area contributed by atoms with Crippen LogP contribution in [0.1, 0.15) is 71.9 Å². The van der Waals surface area contributed by atoms with Gasteiger partial charge in [0, 0.05) is 6.54 Å². The standard InChI is InChI=1S/C29H40N6O7/c1-15(2)22(25(38)30-16(3)26(39)35-13-7-8-20(34-35)27(40)41)32-28(42)29(5,6)12-11-18-9-10-19-21(14-18)31-23(17(4)36)33-24(19)37/h9-12,14-17,20,22,34,36H,7-8,13H2,1-6H3,(H,30,38)(H,32,42)(H,40,41)(H,31,33,37)/b12-11+/t16-,17+,20-,22-/m0/s1. The van der Waals surface area contributed by atoms with Gasteiger partial charge in [0.25, 0.3) is 11.5 Å². The van der Waals surface area contributed by atoms with E-state index < -0.39 is 53.3 Å². The van der Waals surface area contributed by atoms with Gasteiger partial charge in [-0.2, -0.15) is 0 Å². The van der Waals surface area contributed by atoms with Crippen LogP contribution in [0.25, 0.3) is 17.0 Å². The van der Waals surface area contributed by atoms with Crippen LogP contribution in [-0.2, 0) is 19.2 Å². The lowest BCUT2D eigenvalue weighted by Crippen LogP contribution is -2.61. The first-order valence-corrected chi connectivity index (χ1v) is 13.9. The molecule has 2 aromatic rings. The van der Waals surface area contributed by atoms with Gasteiger partial charge in [-0.1, -0.05) is 32.1 Å². The van der Waals surface area contributed by atoms with Crippen molar-refractivity contribution in [2.45, 2.75) is 78.6 Å². The quantitative estimate of drug-likeness (QED) is 0.238. The van der Waals surface area contributed by atoms with E-state index in [1.165, 1.54) is 18.9 Å². The molecule has 6 N–H and O–H groups in total. The molecule has 42 heavy (non-hydrogen) atoms. The number of nitrogens with zero attached hydrogens (tertiary/aromatic N) is 2. The van der Waals surface area contributed by atoms with Crippen molar-refractivity contribution in [3.05, 3.63) is 46.0 Å². The Morgan fingerprint density at radius 1 is 1.14 bits per heavy atom. The minimum atomic E-state index is -1.05. The molecule has 2 heterocycles. The summed E-state index contributed by atoms with van der Waals surface area (Å²) < 4.78 is 0. The number of benzene rings is 1.